The fourth-order valence-electron chi connectivity index (χ4n) is 3.56. The lowest BCUT2D eigenvalue weighted by Gasteiger charge is -2.32. The van der Waals surface area contributed by atoms with E-state index in [1.165, 1.54) is 10.9 Å². The van der Waals surface area contributed by atoms with Crippen molar-refractivity contribution in [3.8, 4) is 28.4 Å². The van der Waals surface area contributed by atoms with Crippen LogP contribution in [0.15, 0.2) is 36.4 Å². The van der Waals surface area contributed by atoms with Crippen molar-refractivity contribution < 1.29 is 14.2 Å². The molecule has 2 aromatic rings. The molecule has 1 heterocycles. The van der Waals surface area contributed by atoms with E-state index in [0.717, 1.165) is 29.2 Å². The topological polar surface area (TPSA) is 27.7 Å². The number of hydrogen-bond donors (Lipinski definition) is 0. The van der Waals surface area contributed by atoms with Crippen LogP contribution >= 0.6 is 7.92 Å². The molecule has 134 valence electrons. The van der Waals surface area contributed by atoms with Crippen molar-refractivity contribution in [2.24, 2.45) is 0 Å². The van der Waals surface area contributed by atoms with Crippen LogP contribution in [0.3, 0.4) is 0 Å². The van der Waals surface area contributed by atoms with E-state index in [4.69, 9.17) is 14.2 Å². The molecule has 0 bridgehead atoms. The van der Waals surface area contributed by atoms with Gasteiger partial charge in [0.1, 0.15) is 23.1 Å². The maximum absolute atomic E-state index is 6.35. The predicted octanol–water partition coefficient (Wildman–Crippen LogP) is 5.41. The lowest BCUT2D eigenvalue weighted by molar-refractivity contribution is 0.288. The summed E-state index contributed by atoms with van der Waals surface area (Å²) in [7, 11) is 2.94. The van der Waals surface area contributed by atoms with E-state index < -0.39 is 7.92 Å². The molecular weight excluding hydrogens is 331 g/mol. The monoisotopic (exact) mass is 358 g/mol. The lowest BCUT2D eigenvalue weighted by Crippen LogP contribution is -2.24. The molecule has 0 aliphatic carbocycles. The summed E-state index contributed by atoms with van der Waals surface area (Å²) in [6.45, 7) is 9.16. The van der Waals surface area contributed by atoms with Gasteiger partial charge in [-0.05, 0) is 37.7 Å². The third-order valence-corrected chi connectivity index (χ3v) is 8.00. The van der Waals surface area contributed by atoms with E-state index in [-0.39, 0.29) is 11.0 Å². The highest BCUT2D eigenvalue weighted by Gasteiger charge is 2.42. The van der Waals surface area contributed by atoms with E-state index in [1.54, 1.807) is 14.2 Å². The average Bonchev–Trinajstić information content (AvgIpc) is 3.00. The zero-order valence-corrected chi connectivity index (χ0v) is 16.8. The van der Waals surface area contributed by atoms with Crippen LogP contribution in [0.2, 0.25) is 0 Å². The van der Waals surface area contributed by atoms with Crippen LogP contribution in [0, 0.1) is 0 Å². The second-order valence-electron chi connectivity index (χ2n) is 7.21. The quantitative estimate of drug-likeness (QED) is 0.685. The first-order valence-electron chi connectivity index (χ1n) is 8.72. The number of hydrogen-bond acceptors (Lipinski definition) is 3. The van der Waals surface area contributed by atoms with Crippen molar-refractivity contribution in [1.29, 1.82) is 0 Å². The number of fused-ring (bicyclic) bond motifs is 1. The van der Waals surface area contributed by atoms with Crippen LogP contribution in [0.4, 0.5) is 0 Å². The van der Waals surface area contributed by atoms with Gasteiger partial charge in [0.15, 0.2) is 0 Å². The lowest BCUT2D eigenvalue weighted by atomic mass is 10.0. The highest BCUT2D eigenvalue weighted by Crippen LogP contribution is 2.61. The van der Waals surface area contributed by atoms with E-state index >= 15 is 0 Å². The average molecular weight is 358 g/mol. The SMILES string of the molecule is CC[C@H]1Oc2cccc(-c3c(OC)cccc3OC)c2P1C(C)(C)C. The largest absolute Gasteiger partial charge is 0.496 e. The van der Waals surface area contributed by atoms with Crippen molar-refractivity contribution >= 4 is 13.2 Å². The molecule has 2 aromatic carbocycles. The molecule has 25 heavy (non-hydrogen) atoms. The maximum atomic E-state index is 6.35. The molecule has 1 aliphatic heterocycles. The molecule has 0 aromatic heterocycles. The van der Waals surface area contributed by atoms with Crippen LogP contribution in [-0.4, -0.2) is 25.2 Å². The van der Waals surface area contributed by atoms with Crippen molar-refractivity contribution in [2.45, 2.75) is 45.1 Å². The summed E-state index contributed by atoms with van der Waals surface area (Å²) in [6, 6.07) is 12.3. The summed E-state index contributed by atoms with van der Waals surface area (Å²) in [5.41, 5.74) is 2.19. The molecule has 0 saturated heterocycles. The molecular formula is C21H27O3P. The third-order valence-electron chi connectivity index (χ3n) is 4.56. The van der Waals surface area contributed by atoms with Crippen LogP contribution in [0.1, 0.15) is 34.1 Å². The summed E-state index contributed by atoms with van der Waals surface area (Å²) in [6.07, 6.45) is 1.01. The van der Waals surface area contributed by atoms with Gasteiger partial charge in [0.25, 0.3) is 0 Å². The minimum atomic E-state index is -0.478. The van der Waals surface area contributed by atoms with Gasteiger partial charge < -0.3 is 14.2 Å². The Kier molecular flexibility index (Phi) is 4.97. The van der Waals surface area contributed by atoms with Gasteiger partial charge in [-0.1, -0.05) is 45.9 Å². The molecule has 3 rings (SSSR count). The number of methoxy groups -OCH3 is 2. The summed E-state index contributed by atoms with van der Waals surface area (Å²) < 4.78 is 17.7. The molecule has 0 saturated carbocycles. The number of ether oxygens (including phenoxy) is 3. The van der Waals surface area contributed by atoms with Gasteiger partial charge in [-0.15, -0.1) is 0 Å². The Bertz CT molecular complexity index is 742. The van der Waals surface area contributed by atoms with Gasteiger partial charge in [-0.25, -0.2) is 0 Å². The van der Waals surface area contributed by atoms with Crippen molar-refractivity contribution in [3.63, 3.8) is 0 Å². The fraction of sp³-hybridized carbons (Fsp3) is 0.429. The maximum Gasteiger partial charge on any atom is 0.130 e. The summed E-state index contributed by atoms with van der Waals surface area (Å²) in [5, 5.41) is 1.49. The summed E-state index contributed by atoms with van der Waals surface area (Å²) in [4.78, 5) is 0. The first kappa shape index (κ1) is 18.1. The molecule has 0 radical (unpaired) electrons. The molecule has 2 atom stereocenters. The van der Waals surface area contributed by atoms with Crippen LogP contribution in [-0.2, 0) is 0 Å². The predicted molar refractivity (Wildman–Crippen MR) is 106 cm³/mol. The van der Waals surface area contributed by atoms with Crippen LogP contribution in [0.25, 0.3) is 11.1 Å². The highest BCUT2D eigenvalue weighted by molar-refractivity contribution is 7.68. The molecule has 0 spiro atoms. The van der Waals surface area contributed by atoms with Crippen molar-refractivity contribution in [2.75, 3.05) is 14.2 Å². The van der Waals surface area contributed by atoms with Gasteiger partial charge in [0, 0.05) is 10.9 Å². The van der Waals surface area contributed by atoms with Gasteiger partial charge in [-0.3, -0.25) is 0 Å². The fourth-order valence-corrected chi connectivity index (χ4v) is 6.78. The van der Waals surface area contributed by atoms with Crippen molar-refractivity contribution in [1.82, 2.24) is 0 Å². The Morgan fingerprint density at radius 2 is 1.60 bits per heavy atom. The van der Waals surface area contributed by atoms with Gasteiger partial charge in [0.05, 0.1) is 19.8 Å². The highest BCUT2D eigenvalue weighted by atomic mass is 31.1. The molecule has 4 heteroatoms. The zero-order chi connectivity index (χ0) is 18.2. The Morgan fingerprint density at radius 3 is 2.12 bits per heavy atom. The summed E-state index contributed by atoms with van der Waals surface area (Å²) in [5.74, 6) is 2.93. The summed E-state index contributed by atoms with van der Waals surface area (Å²) >= 11 is 0. The first-order chi connectivity index (χ1) is 11.9. The number of benzene rings is 2. The smallest absolute Gasteiger partial charge is 0.130 e. The molecule has 0 amide bonds. The third kappa shape index (κ3) is 3.11. The Balaban J connectivity index is 2.28. The van der Waals surface area contributed by atoms with Crippen LogP contribution < -0.4 is 19.5 Å². The second kappa shape index (κ2) is 6.88. The minimum absolute atomic E-state index is 0.159. The van der Waals surface area contributed by atoms with E-state index in [2.05, 4.69) is 45.9 Å². The zero-order valence-electron chi connectivity index (χ0n) is 15.9. The normalized spacial score (nSPS) is 19.3. The standard InChI is InChI=1S/C21H27O3P/c1-7-18-24-17-13-8-10-14(20(17)25(18)21(2,3)4)19-15(22-5)11-9-12-16(19)23-6/h8-13,18H,7H2,1-6H3/t18-,25?/m0/s1. The Hall–Kier alpha value is -1.73. The van der Waals surface area contributed by atoms with Gasteiger partial charge >= 0.3 is 0 Å². The Labute approximate surface area is 152 Å². The van der Waals surface area contributed by atoms with E-state index in [1.807, 2.05) is 18.2 Å². The van der Waals surface area contributed by atoms with E-state index in [0.29, 0.717) is 0 Å². The molecule has 0 N–H and O–H groups in total. The van der Waals surface area contributed by atoms with Gasteiger partial charge in [0.2, 0.25) is 0 Å². The van der Waals surface area contributed by atoms with Gasteiger partial charge in [-0.2, -0.15) is 0 Å². The van der Waals surface area contributed by atoms with Crippen LogP contribution in [0.5, 0.6) is 17.2 Å². The molecule has 1 aliphatic rings. The second-order valence-corrected chi connectivity index (χ2v) is 10.3. The Morgan fingerprint density at radius 1 is 1.00 bits per heavy atom. The first-order valence-corrected chi connectivity index (χ1v) is 10.1. The molecule has 3 nitrogen and oxygen atoms in total. The van der Waals surface area contributed by atoms with E-state index in [9.17, 15) is 0 Å². The van der Waals surface area contributed by atoms with Crippen molar-refractivity contribution in [3.05, 3.63) is 36.4 Å². The number of rotatable bonds is 4. The molecule has 1 unspecified atom stereocenters. The minimum Gasteiger partial charge on any atom is -0.496 e. The molecule has 0 fully saturated rings.